The lowest BCUT2D eigenvalue weighted by Crippen LogP contribution is -2.33. The van der Waals surface area contributed by atoms with Gasteiger partial charge in [-0.15, -0.1) is 5.10 Å². The van der Waals surface area contributed by atoms with Gasteiger partial charge in [0, 0.05) is 33.3 Å². The van der Waals surface area contributed by atoms with Crippen molar-refractivity contribution < 1.29 is 13.6 Å². The molecule has 0 aliphatic rings. The number of nitrogens with one attached hydrogen (secondary N) is 3. The number of halogens is 2. The van der Waals surface area contributed by atoms with Crippen LogP contribution >= 0.6 is 0 Å². The minimum absolute atomic E-state index is 0.232. The lowest BCUT2D eigenvalue weighted by molar-refractivity contribution is 0.252. The molecule has 24 heavy (non-hydrogen) atoms. The molecule has 128 valence electrons. The first kappa shape index (κ1) is 17.4. The Balaban J connectivity index is 1.78. The first-order chi connectivity index (χ1) is 11.5. The average molecular weight is 336 g/mol. The van der Waals surface area contributed by atoms with Crippen LogP contribution in [-0.2, 0) is 0 Å². The zero-order chi connectivity index (χ0) is 17.5. The van der Waals surface area contributed by atoms with Crippen LogP contribution in [-0.4, -0.2) is 43.4 Å². The summed E-state index contributed by atoms with van der Waals surface area (Å²) in [5, 5.41) is 15.4. The Labute approximate surface area is 138 Å². The van der Waals surface area contributed by atoms with E-state index in [1.165, 1.54) is 6.07 Å². The number of nitrogens with zero attached hydrogens (tertiary/aromatic N) is 3. The van der Waals surface area contributed by atoms with Crippen molar-refractivity contribution in [3.63, 3.8) is 0 Å². The molecule has 3 N–H and O–H groups in total. The van der Waals surface area contributed by atoms with E-state index in [0.29, 0.717) is 12.4 Å². The lowest BCUT2D eigenvalue weighted by Gasteiger charge is -2.13. The molecule has 9 heteroatoms. The summed E-state index contributed by atoms with van der Waals surface area (Å²) in [7, 11) is 3.77. The highest BCUT2D eigenvalue weighted by Gasteiger charge is 2.11. The van der Waals surface area contributed by atoms with Gasteiger partial charge in [0.2, 0.25) is 0 Å². The number of hydrogen-bond donors (Lipinski definition) is 3. The Bertz CT molecular complexity index is 690. The predicted octanol–water partition coefficient (Wildman–Crippen LogP) is 2.05. The molecule has 1 aromatic heterocycles. The fourth-order valence-electron chi connectivity index (χ4n) is 1.83. The van der Waals surface area contributed by atoms with Crippen LogP contribution in [0.5, 0.6) is 0 Å². The van der Waals surface area contributed by atoms with E-state index in [2.05, 4.69) is 26.1 Å². The van der Waals surface area contributed by atoms with Crippen molar-refractivity contribution in [2.45, 2.75) is 0 Å². The zero-order valence-corrected chi connectivity index (χ0v) is 13.3. The number of carbonyl (C=O) groups is 1. The molecular weight excluding hydrogens is 318 g/mol. The Kier molecular flexibility index (Phi) is 5.83. The molecule has 2 rings (SSSR count). The molecular formula is C15H18F2N6O. The van der Waals surface area contributed by atoms with Gasteiger partial charge in [-0.2, -0.15) is 5.10 Å². The van der Waals surface area contributed by atoms with Gasteiger partial charge >= 0.3 is 6.03 Å². The fourth-order valence-corrected chi connectivity index (χ4v) is 1.83. The van der Waals surface area contributed by atoms with Crippen LogP contribution < -0.4 is 20.9 Å². The molecule has 2 amide bonds. The van der Waals surface area contributed by atoms with Crippen LogP contribution in [0.15, 0.2) is 30.5 Å². The van der Waals surface area contributed by atoms with E-state index < -0.39 is 23.4 Å². The van der Waals surface area contributed by atoms with E-state index in [1.807, 2.05) is 25.1 Å². The minimum Gasteiger partial charge on any atom is -0.376 e. The number of aromatic nitrogens is 2. The number of rotatable bonds is 6. The fraction of sp³-hybridized carbons (Fsp3) is 0.267. The highest BCUT2D eigenvalue weighted by atomic mass is 19.1. The molecule has 0 aliphatic heterocycles. The second-order valence-corrected chi connectivity index (χ2v) is 5.10. The van der Waals surface area contributed by atoms with E-state index in [4.69, 9.17) is 0 Å². The van der Waals surface area contributed by atoms with Crippen LogP contribution in [0.1, 0.15) is 0 Å². The number of anilines is 3. The van der Waals surface area contributed by atoms with E-state index >= 15 is 0 Å². The Morgan fingerprint density at radius 2 is 1.92 bits per heavy atom. The molecule has 0 saturated carbocycles. The summed E-state index contributed by atoms with van der Waals surface area (Å²) in [6.07, 6.45) is 1.62. The molecule has 0 radical (unpaired) electrons. The van der Waals surface area contributed by atoms with Gasteiger partial charge < -0.3 is 20.9 Å². The maximum Gasteiger partial charge on any atom is 0.319 e. The molecule has 2 aromatic rings. The summed E-state index contributed by atoms with van der Waals surface area (Å²) in [5.41, 5.74) is 0.403. The normalized spacial score (nSPS) is 10.2. The van der Waals surface area contributed by atoms with Gasteiger partial charge in [0.05, 0.1) is 11.9 Å². The molecule has 0 aliphatic carbocycles. The van der Waals surface area contributed by atoms with Gasteiger partial charge in [-0.25, -0.2) is 13.6 Å². The number of para-hydroxylation sites is 1. The van der Waals surface area contributed by atoms with Gasteiger partial charge in [0.25, 0.3) is 0 Å². The third-order valence-electron chi connectivity index (χ3n) is 3.07. The maximum atomic E-state index is 13.4. The summed E-state index contributed by atoms with van der Waals surface area (Å²) in [4.78, 5) is 13.5. The quantitative estimate of drug-likeness (QED) is 0.704. The van der Waals surface area contributed by atoms with Crippen molar-refractivity contribution in [2.24, 2.45) is 0 Å². The first-order valence-electron chi connectivity index (χ1n) is 7.20. The van der Waals surface area contributed by atoms with E-state index in [1.54, 1.807) is 6.20 Å². The Morgan fingerprint density at radius 1 is 1.21 bits per heavy atom. The van der Waals surface area contributed by atoms with Crippen molar-refractivity contribution in [1.29, 1.82) is 0 Å². The highest BCUT2D eigenvalue weighted by molar-refractivity contribution is 5.89. The molecule has 7 nitrogen and oxygen atoms in total. The van der Waals surface area contributed by atoms with Crippen molar-refractivity contribution in [3.8, 4) is 0 Å². The van der Waals surface area contributed by atoms with Crippen LogP contribution in [0.3, 0.4) is 0 Å². The first-order valence-corrected chi connectivity index (χ1v) is 7.20. The number of amides is 2. The van der Waals surface area contributed by atoms with Gasteiger partial charge in [-0.05, 0) is 12.1 Å². The third-order valence-corrected chi connectivity index (χ3v) is 3.07. The predicted molar refractivity (Wildman–Crippen MR) is 88.2 cm³/mol. The summed E-state index contributed by atoms with van der Waals surface area (Å²) in [6, 6.07) is 4.46. The SMILES string of the molecule is CN(C)c1cnnc(NCCNC(=O)Nc2c(F)cccc2F)c1. The molecule has 1 aromatic carbocycles. The van der Waals surface area contributed by atoms with Crippen molar-refractivity contribution in [1.82, 2.24) is 15.5 Å². The van der Waals surface area contributed by atoms with Gasteiger partial charge in [0.15, 0.2) is 5.82 Å². The molecule has 0 fully saturated rings. The molecule has 1 heterocycles. The smallest absolute Gasteiger partial charge is 0.319 e. The minimum atomic E-state index is -0.834. The second-order valence-electron chi connectivity index (χ2n) is 5.10. The molecule has 0 atom stereocenters. The number of benzene rings is 1. The van der Waals surface area contributed by atoms with Crippen LogP contribution in [0.4, 0.5) is 30.8 Å². The van der Waals surface area contributed by atoms with Crippen molar-refractivity contribution >= 4 is 23.2 Å². The van der Waals surface area contributed by atoms with Gasteiger partial charge in [0.1, 0.15) is 17.3 Å². The molecule has 0 bridgehead atoms. The van der Waals surface area contributed by atoms with Crippen LogP contribution in [0, 0.1) is 11.6 Å². The zero-order valence-electron chi connectivity index (χ0n) is 13.3. The lowest BCUT2D eigenvalue weighted by atomic mass is 10.3. The maximum absolute atomic E-state index is 13.4. The Morgan fingerprint density at radius 3 is 2.58 bits per heavy atom. The standard InChI is InChI=1S/C15H18F2N6O/c1-23(2)10-8-13(22-20-9-10)18-6-7-19-15(24)21-14-11(16)4-3-5-12(14)17/h3-5,8-9H,6-7H2,1-2H3,(H,18,22)(H2,19,21,24). The van der Waals surface area contributed by atoms with Crippen molar-refractivity contribution in [2.75, 3.05) is 42.7 Å². The molecule has 0 saturated heterocycles. The second kappa shape index (κ2) is 8.04. The van der Waals surface area contributed by atoms with Gasteiger partial charge in [-0.1, -0.05) is 6.07 Å². The largest absolute Gasteiger partial charge is 0.376 e. The van der Waals surface area contributed by atoms with Crippen LogP contribution in [0.2, 0.25) is 0 Å². The summed E-state index contributed by atoms with van der Waals surface area (Å²) >= 11 is 0. The Hall–Kier alpha value is -2.97. The summed E-state index contributed by atoms with van der Waals surface area (Å²) in [6.45, 7) is 0.606. The molecule has 0 unspecified atom stereocenters. The number of hydrogen-bond acceptors (Lipinski definition) is 5. The topological polar surface area (TPSA) is 82.2 Å². The van der Waals surface area contributed by atoms with E-state index in [0.717, 1.165) is 17.8 Å². The monoisotopic (exact) mass is 336 g/mol. The summed E-state index contributed by atoms with van der Waals surface area (Å²) in [5.74, 6) is -1.11. The highest BCUT2D eigenvalue weighted by Crippen LogP contribution is 2.17. The van der Waals surface area contributed by atoms with Gasteiger partial charge in [-0.3, -0.25) is 0 Å². The van der Waals surface area contributed by atoms with Crippen molar-refractivity contribution in [3.05, 3.63) is 42.1 Å². The number of urea groups is 1. The average Bonchev–Trinajstić information content (AvgIpc) is 2.55. The number of carbonyl (C=O) groups excluding carboxylic acids is 1. The summed E-state index contributed by atoms with van der Waals surface area (Å²) < 4.78 is 26.8. The van der Waals surface area contributed by atoms with Crippen LogP contribution in [0.25, 0.3) is 0 Å². The van der Waals surface area contributed by atoms with E-state index in [-0.39, 0.29) is 6.54 Å². The third kappa shape index (κ3) is 4.77. The van der Waals surface area contributed by atoms with E-state index in [9.17, 15) is 13.6 Å². The molecule has 0 spiro atoms.